The monoisotopic (exact) mass is 251 g/mol. The van der Waals surface area contributed by atoms with E-state index in [4.69, 9.17) is 5.11 Å². The first-order chi connectivity index (χ1) is 7.19. The van der Waals surface area contributed by atoms with Crippen LogP contribution in [0.25, 0.3) is 0 Å². The number of nitrogens with one attached hydrogen (secondary N) is 1. The molecule has 0 bridgehead atoms. The molecule has 0 aromatic heterocycles. The third-order valence-electron chi connectivity index (χ3n) is 2.52. The molecule has 0 aromatic carbocycles. The fraction of sp³-hybridized carbons (Fsp3) is 0.900. The molecule has 0 saturated carbocycles. The molecule has 0 aromatic rings. The van der Waals surface area contributed by atoms with Gasteiger partial charge in [0.25, 0.3) is 0 Å². The van der Waals surface area contributed by atoms with Gasteiger partial charge < -0.3 is 5.11 Å². The maximum absolute atomic E-state index is 11.7. The molecule has 96 valence electrons. The van der Waals surface area contributed by atoms with Crippen molar-refractivity contribution >= 4 is 16.0 Å². The number of carboxylic acids is 1. The van der Waals surface area contributed by atoms with Crippen molar-refractivity contribution < 1.29 is 18.3 Å². The van der Waals surface area contributed by atoms with E-state index in [1.54, 1.807) is 27.7 Å². The molecule has 0 aliphatic heterocycles. The third-order valence-corrected chi connectivity index (χ3v) is 4.33. The van der Waals surface area contributed by atoms with Gasteiger partial charge in [-0.2, -0.15) is 4.72 Å². The third kappa shape index (κ3) is 4.09. The smallest absolute Gasteiger partial charge is 0.324 e. The zero-order chi connectivity index (χ0) is 13.0. The zero-order valence-corrected chi connectivity index (χ0v) is 11.1. The van der Waals surface area contributed by atoms with Crippen molar-refractivity contribution in [2.75, 3.05) is 5.75 Å². The van der Waals surface area contributed by atoms with E-state index >= 15 is 0 Å². The summed E-state index contributed by atoms with van der Waals surface area (Å²) in [5.41, 5.74) is -1.37. The molecule has 5 nitrogen and oxygen atoms in total. The van der Waals surface area contributed by atoms with Crippen LogP contribution in [-0.2, 0) is 14.8 Å². The lowest BCUT2D eigenvalue weighted by Gasteiger charge is -2.28. The molecule has 0 spiro atoms. The number of aliphatic carboxylic acids is 1. The lowest BCUT2D eigenvalue weighted by molar-refractivity contribution is -0.144. The van der Waals surface area contributed by atoms with Crippen LogP contribution in [-0.4, -0.2) is 30.8 Å². The minimum absolute atomic E-state index is 0.0299. The van der Waals surface area contributed by atoms with Crippen LogP contribution in [0.4, 0.5) is 0 Å². The minimum atomic E-state index is -3.54. The maximum Gasteiger partial charge on any atom is 0.324 e. The Balaban J connectivity index is 4.97. The predicted molar refractivity (Wildman–Crippen MR) is 62.7 cm³/mol. The van der Waals surface area contributed by atoms with Gasteiger partial charge in [0.1, 0.15) is 5.54 Å². The summed E-state index contributed by atoms with van der Waals surface area (Å²) >= 11 is 0. The minimum Gasteiger partial charge on any atom is -0.480 e. The molecule has 6 heteroatoms. The molecule has 0 fully saturated rings. The van der Waals surface area contributed by atoms with Crippen molar-refractivity contribution in [2.45, 2.75) is 46.1 Å². The normalized spacial score (nSPS) is 13.1. The molecule has 0 saturated heterocycles. The zero-order valence-electron chi connectivity index (χ0n) is 10.3. The largest absolute Gasteiger partial charge is 0.480 e. The number of hydrogen-bond acceptors (Lipinski definition) is 3. The maximum atomic E-state index is 11.7. The van der Waals surface area contributed by atoms with E-state index in [0.717, 1.165) is 0 Å². The van der Waals surface area contributed by atoms with Gasteiger partial charge in [-0.15, -0.1) is 0 Å². The van der Waals surface area contributed by atoms with Crippen molar-refractivity contribution in [3.05, 3.63) is 0 Å². The SMILES string of the molecule is CCC(CC)(NS(=O)(=O)CC(C)C)C(=O)O. The lowest BCUT2D eigenvalue weighted by atomic mass is 9.95. The fourth-order valence-electron chi connectivity index (χ4n) is 1.52. The van der Waals surface area contributed by atoms with Gasteiger partial charge >= 0.3 is 5.97 Å². The molecule has 0 aliphatic carbocycles. The van der Waals surface area contributed by atoms with E-state index in [9.17, 15) is 13.2 Å². The number of rotatable bonds is 7. The van der Waals surface area contributed by atoms with Gasteiger partial charge in [0.2, 0.25) is 10.0 Å². The van der Waals surface area contributed by atoms with E-state index in [0.29, 0.717) is 0 Å². The Morgan fingerprint density at radius 1 is 1.31 bits per heavy atom. The van der Waals surface area contributed by atoms with Crippen molar-refractivity contribution in [1.82, 2.24) is 4.72 Å². The molecule has 0 heterocycles. The van der Waals surface area contributed by atoms with Crippen LogP contribution in [0.15, 0.2) is 0 Å². The molecule has 0 rings (SSSR count). The number of carbonyl (C=O) groups is 1. The predicted octanol–water partition coefficient (Wildman–Crippen LogP) is 1.21. The van der Waals surface area contributed by atoms with Gasteiger partial charge in [0.15, 0.2) is 0 Å². The summed E-state index contributed by atoms with van der Waals surface area (Å²) in [5.74, 6) is -1.20. The van der Waals surface area contributed by atoms with Crippen LogP contribution in [0.2, 0.25) is 0 Å². The van der Waals surface area contributed by atoms with Crippen molar-refractivity contribution in [2.24, 2.45) is 5.92 Å². The standard InChI is InChI=1S/C10H21NO4S/c1-5-10(6-2,9(12)13)11-16(14,15)7-8(3)4/h8,11H,5-7H2,1-4H3,(H,12,13). The summed E-state index contributed by atoms with van der Waals surface area (Å²) in [5, 5.41) is 9.09. The summed E-state index contributed by atoms with van der Waals surface area (Å²) in [6.45, 7) is 6.88. The van der Waals surface area contributed by atoms with E-state index in [1.165, 1.54) is 0 Å². The molecule has 0 unspecified atom stereocenters. The van der Waals surface area contributed by atoms with Gasteiger partial charge in [-0.05, 0) is 18.8 Å². The average molecular weight is 251 g/mol. The Kier molecular flexibility index (Phi) is 5.41. The highest BCUT2D eigenvalue weighted by Crippen LogP contribution is 2.17. The van der Waals surface area contributed by atoms with Crippen molar-refractivity contribution in [1.29, 1.82) is 0 Å². The van der Waals surface area contributed by atoms with Crippen LogP contribution in [0.5, 0.6) is 0 Å². The second kappa shape index (κ2) is 5.63. The van der Waals surface area contributed by atoms with Crippen LogP contribution in [0, 0.1) is 5.92 Å². The summed E-state index contributed by atoms with van der Waals surface area (Å²) < 4.78 is 25.7. The number of sulfonamides is 1. The second-order valence-corrected chi connectivity index (χ2v) is 6.14. The van der Waals surface area contributed by atoms with Crippen molar-refractivity contribution in [3.8, 4) is 0 Å². The highest BCUT2D eigenvalue weighted by Gasteiger charge is 2.38. The first-order valence-corrected chi connectivity index (χ1v) is 7.09. The van der Waals surface area contributed by atoms with Crippen LogP contribution >= 0.6 is 0 Å². The van der Waals surface area contributed by atoms with Gasteiger partial charge in [-0.1, -0.05) is 27.7 Å². The van der Waals surface area contributed by atoms with Crippen LogP contribution in [0.3, 0.4) is 0 Å². The Bertz CT molecular complexity index is 331. The molecule has 2 N–H and O–H groups in total. The lowest BCUT2D eigenvalue weighted by Crippen LogP contribution is -2.54. The first kappa shape index (κ1) is 15.4. The van der Waals surface area contributed by atoms with E-state index in [2.05, 4.69) is 4.72 Å². The molecule has 0 radical (unpaired) electrons. The summed E-state index contributed by atoms with van der Waals surface area (Å²) in [6, 6.07) is 0. The Morgan fingerprint density at radius 2 is 1.75 bits per heavy atom. The van der Waals surface area contributed by atoms with Gasteiger partial charge in [0, 0.05) is 0 Å². The summed E-state index contributed by atoms with van der Waals surface area (Å²) in [7, 11) is -3.54. The number of hydrogen-bond donors (Lipinski definition) is 2. The van der Waals surface area contributed by atoms with Gasteiger partial charge in [0.05, 0.1) is 5.75 Å². The highest BCUT2D eigenvalue weighted by molar-refractivity contribution is 7.89. The molecular formula is C10H21NO4S. The average Bonchev–Trinajstić information content (AvgIpc) is 2.11. The molecule has 0 aliphatic rings. The molecule has 0 amide bonds. The number of carboxylic acid groups (broad SMARTS) is 1. The van der Waals surface area contributed by atoms with Gasteiger partial charge in [-0.3, -0.25) is 4.79 Å². The molecular weight excluding hydrogens is 230 g/mol. The van der Waals surface area contributed by atoms with Gasteiger partial charge in [-0.25, -0.2) is 8.42 Å². The first-order valence-electron chi connectivity index (χ1n) is 5.44. The van der Waals surface area contributed by atoms with E-state index in [-0.39, 0.29) is 24.5 Å². The Hall–Kier alpha value is -0.620. The Morgan fingerprint density at radius 3 is 2.00 bits per heavy atom. The van der Waals surface area contributed by atoms with Crippen LogP contribution < -0.4 is 4.72 Å². The summed E-state index contributed by atoms with van der Waals surface area (Å²) in [4.78, 5) is 11.1. The second-order valence-electron chi connectivity index (χ2n) is 4.37. The fourth-order valence-corrected chi connectivity index (χ4v) is 3.45. The van der Waals surface area contributed by atoms with E-state index in [1.807, 2.05) is 0 Å². The van der Waals surface area contributed by atoms with Crippen molar-refractivity contribution in [3.63, 3.8) is 0 Å². The molecule has 16 heavy (non-hydrogen) atoms. The topological polar surface area (TPSA) is 83.5 Å². The Labute approximate surface area is 97.3 Å². The van der Waals surface area contributed by atoms with E-state index < -0.39 is 21.5 Å². The molecule has 0 atom stereocenters. The quantitative estimate of drug-likeness (QED) is 0.712. The highest BCUT2D eigenvalue weighted by atomic mass is 32.2. The summed E-state index contributed by atoms with van der Waals surface area (Å²) in [6.07, 6.45) is 0.465. The van der Waals surface area contributed by atoms with Crippen LogP contribution in [0.1, 0.15) is 40.5 Å².